The van der Waals surface area contributed by atoms with Gasteiger partial charge in [0.25, 0.3) is 11.8 Å². The maximum absolute atomic E-state index is 13.9. The number of carbonyl (C=O) groups is 2. The van der Waals surface area contributed by atoms with E-state index in [-0.39, 0.29) is 17.4 Å². The van der Waals surface area contributed by atoms with Crippen molar-refractivity contribution in [2.75, 3.05) is 14.2 Å². The minimum Gasteiger partial charge on any atom is -0.399 e. The van der Waals surface area contributed by atoms with Gasteiger partial charge < -0.3 is 18.8 Å². The summed E-state index contributed by atoms with van der Waals surface area (Å²) in [6, 6.07) is 10.7. The maximum Gasteiger partial charge on any atom is 0.495 e. The van der Waals surface area contributed by atoms with E-state index in [1.54, 1.807) is 32.4 Å². The molecule has 3 rings (SSSR count). The molecule has 2 aromatic rings. The van der Waals surface area contributed by atoms with Crippen LogP contribution >= 0.6 is 0 Å². The highest BCUT2D eigenvalue weighted by atomic mass is 16.7. The molecule has 1 aliphatic heterocycles. The lowest BCUT2D eigenvalue weighted by atomic mass is 9.75. The van der Waals surface area contributed by atoms with Crippen molar-refractivity contribution in [3.8, 4) is 0 Å². The molecule has 224 valence electrons. The molecule has 0 aliphatic carbocycles. The zero-order valence-corrected chi connectivity index (χ0v) is 26.8. The minimum atomic E-state index is -0.749. The molecule has 9 heteroatoms. The number of hydrogen-bond acceptors (Lipinski definition) is 6. The summed E-state index contributed by atoms with van der Waals surface area (Å²) >= 11 is 0. The van der Waals surface area contributed by atoms with Crippen molar-refractivity contribution in [3.63, 3.8) is 0 Å². The topological polar surface area (TPSA) is 86.3 Å². The van der Waals surface area contributed by atoms with Crippen LogP contribution < -0.4 is 10.9 Å². The summed E-state index contributed by atoms with van der Waals surface area (Å²) in [6.07, 6.45) is -0.0314. The Labute approximate surface area is 246 Å². The van der Waals surface area contributed by atoms with E-state index in [4.69, 9.17) is 18.8 Å². The molecule has 1 atom stereocenters. The normalized spacial score (nSPS) is 17.0. The van der Waals surface area contributed by atoms with Crippen molar-refractivity contribution < 1.29 is 28.4 Å². The smallest absolute Gasteiger partial charge is 0.399 e. The van der Waals surface area contributed by atoms with E-state index in [2.05, 4.69) is 26.2 Å². The minimum absolute atomic E-state index is 0.256. The lowest BCUT2D eigenvalue weighted by molar-refractivity contribution is -0.105. The molecule has 0 saturated carbocycles. The number of nitrogens with zero attached hydrogens (tertiary/aromatic N) is 1. The molecule has 8 nitrogen and oxygen atoms in total. The standard InChI is InChI=1S/C32H47BN2O6/c1-13-26(30(4,5)6)35(28(37)23-17-20(2)16-21(3)18-23)34-27(36)22-14-15-24(29(38-11)39-12)25(19-22)33-40-31(7,8)32(9,10)41-33/h14-19,26,29H,13H2,1-12H3,(H,34,36). The first kappa shape index (κ1) is 32.8. The van der Waals surface area contributed by atoms with Gasteiger partial charge in [-0.25, -0.2) is 5.01 Å². The number of benzene rings is 2. The van der Waals surface area contributed by atoms with Gasteiger partial charge in [-0.3, -0.25) is 15.0 Å². The van der Waals surface area contributed by atoms with Gasteiger partial charge in [-0.05, 0) is 83.1 Å². The summed E-state index contributed by atoms with van der Waals surface area (Å²) in [5, 5.41) is 1.49. The predicted octanol–water partition coefficient (Wildman–Crippen LogP) is 5.51. The highest BCUT2D eigenvalue weighted by molar-refractivity contribution is 6.62. The van der Waals surface area contributed by atoms with Crippen LogP contribution in [-0.2, 0) is 18.8 Å². The third-order valence-electron chi connectivity index (χ3n) is 8.15. The van der Waals surface area contributed by atoms with Crippen LogP contribution in [0, 0.1) is 19.3 Å². The van der Waals surface area contributed by atoms with E-state index in [0.717, 1.165) is 11.1 Å². The van der Waals surface area contributed by atoms with Crippen molar-refractivity contribution in [2.24, 2.45) is 5.41 Å². The number of ether oxygens (including phenoxy) is 2. The van der Waals surface area contributed by atoms with Crippen LogP contribution in [0.25, 0.3) is 0 Å². The van der Waals surface area contributed by atoms with Gasteiger partial charge >= 0.3 is 7.12 Å². The van der Waals surface area contributed by atoms with Gasteiger partial charge in [0, 0.05) is 30.9 Å². The molecule has 0 spiro atoms. The Balaban J connectivity index is 2.06. The van der Waals surface area contributed by atoms with Gasteiger partial charge in [-0.15, -0.1) is 0 Å². The molecule has 1 fully saturated rings. The Kier molecular flexibility index (Phi) is 9.80. The fraction of sp³-hybridized carbons (Fsp3) is 0.562. The second-order valence-corrected chi connectivity index (χ2v) is 13.0. The zero-order chi connectivity index (χ0) is 30.9. The van der Waals surface area contributed by atoms with E-state index in [1.807, 2.05) is 66.7 Å². The quantitative estimate of drug-likeness (QED) is 0.258. The molecular formula is C32H47BN2O6. The largest absolute Gasteiger partial charge is 0.495 e. The summed E-state index contributed by atoms with van der Waals surface area (Å²) in [4.78, 5) is 27.8. The molecule has 2 aromatic carbocycles. The number of rotatable bonds is 8. The van der Waals surface area contributed by atoms with Crippen LogP contribution in [0.2, 0.25) is 0 Å². The molecule has 1 unspecified atom stereocenters. The second kappa shape index (κ2) is 12.3. The van der Waals surface area contributed by atoms with Crippen LogP contribution in [0.1, 0.15) is 106 Å². The number of aryl methyl sites for hydroxylation is 2. The van der Waals surface area contributed by atoms with Gasteiger partial charge in [0.05, 0.1) is 17.2 Å². The first-order valence-corrected chi connectivity index (χ1v) is 14.2. The van der Waals surface area contributed by atoms with Gasteiger partial charge in [0.1, 0.15) is 0 Å². The fourth-order valence-corrected chi connectivity index (χ4v) is 5.32. The molecular weight excluding hydrogens is 519 g/mol. The molecule has 0 aromatic heterocycles. The van der Waals surface area contributed by atoms with Crippen molar-refractivity contribution in [1.29, 1.82) is 0 Å². The number of methoxy groups -OCH3 is 2. The Bertz CT molecular complexity index is 1230. The molecule has 41 heavy (non-hydrogen) atoms. The van der Waals surface area contributed by atoms with Gasteiger partial charge in [-0.2, -0.15) is 0 Å². The van der Waals surface area contributed by atoms with Crippen molar-refractivity contribution in [3.05, 3.63) is 64.2 Å². The Morgan fingerprint density at radius 3 is 1.93 bits per heavy atom. The van der Waals surface area contributed by atoms with Gasteiger partial charge in [0.2, 0.25) is 0 Å². The van der Waals surface area contributed by atoms with Gasteiger partial charge in [0.15, 0.2) is 6.29 Å². The average Bonchev–Trinajstić information content (AvgIpc) is 3.09. The number of nitrogens with one attached hydrogen (secondary N) is 1. The molecule has 0 bridgehead atoms. The van der Waals surface area contributed by atoms with Crippen molar-refractivity contribution >= 4 is 24.4 Å². The first-order valence-electron chi connectivity index (χ1n) is 14.2. The van der Waals surface area contributed by atoms with E-state index < -0.39 is 30.5 Å². The molecule has 0 radical (unpaired) electrons. The van der Waals surface area contributed by atoms with Crippen LogP contribution in [0.4, 0.5) is 0 Å². The molecule has 1 heterocycles. The van der Waals surface area contributed by atoms with Gasteiger partial charge in [-0.1, -0.05) is 51.0 Å². The lowest BCUT2D eigenvalue weighted by Crippen LogP contribution is -2.56. The highest BCUT2D eigenvalue weighted by Gasteiger charge is 2.52. The highest BCUT2D eigenvalue weighted by Crippen LogP contribution is 2.37. The summed E-state index contributed by atoms with van der Waals surface area (Å²) < 4.78 is 23.8. The maximum atomic E-state index is 13.9. The van der Waals surface area contributed by atoms with Crippen LogP contribution in [0.3, 0.4) is 0 Å². The molecule has 1 N–H and O–H groups in total. The number of hydrogen-bond donors (Lipinski definition) is 1. The third kappa shape index (κ3) is 7.03. The second-order valence-electron chi connectivity index (χ2n) is 13.0. The monoisotopic (exact) mass is 566 g/mol. The lowest BCUT2D eigenvalue weighted by Gasteiger charge is -2.39. The van der Waals surface area contributed by atoms with E-state index >= 15 is 0 Å². The summed E-state index contributed by atoms with van der Waals surface area (Å²) in [5.74, 6) is -0.672. The van der Waals surface area contributed by atoms with Crippen molar-refractivity contribution in [2.45, 2.75) is 99.2 Å². The third-order valence-corrected chi connectivity index (χ3v) is 8.15. The average molecular weight is 567 g/mol. The van der Waals surface area contributed by atoms with Crippen LogP contribution in [-0.4, -0.2) is 55.4 Å². The van der Waals surface area contributed by atoms with E-state index in [1.165, 1.54) is 5.01 Å². The van der Waals surface area contributed by atoms with E-state index in [0.29, 0.717) is 28.6 Å². The SMILES string of the molecule is CCC(N(NC(=O)c1ccc(C(OC)OC)c(B2OC(C)(C)C(C)(C)O2)c1)C(=O)c1cc(C)cc(C)c1)C(C)(C)C. The summed E-state index contributed by atoms with van der Waals surface area (Å²) in [5.41, 5.74) is 5.66. The number of amides is 2. The first-order chi connectivity index (χ1) is 19.0. The number of carbonyl (C=O) groups excluding carboxylic acids is 2. The Hall–Kier alpha value is -2.72. The van der Waals surface area contributed by atoms with Crippen LogP contribution in [0.15, 0.2) is 36.4 Å². The summed E-state index contributed by atoms with van der Waals surface area (Å²) in [6.45, 7) is 20.0. The fourth-order valence-electron chi connectivity index (χ4n) is 5.32. The summed E-state index contributed by atoms with van der Waals surface area (Å²) in [7, 11) is 2.36. The van der Waals surface area contributed by atoms with Crippen LogP contribution in [0.5, 0.6) is 0 Å². The van der Waals surface area contributed by atoms with E-state index in [9.17, 15) is 9.59 Å². The predicted molar refractivity (Wildman–Crippen MR) is 162 cm³/mol. The molecule has 2 amide bonds. The zero-order valence-electron chi connectivity index (χ0n) is 26.8. The van der Waals surface area contributed by atoms with Crippen molar-refractivity contribution in [1.82, 2.24) is 10.4 Å². The molecule has 1 aliphatic rings. The Morgan fingerprint density at radius 1 is 0.927 bits per heavy atom. The Morgan fingerprint density at radius 2 is 1.46 bits per heavy atom. The molecule has 1 saturated heterocycles. The number of hydrazine groups is 1.